The normalized spacial score (nSPS) is 15.4. The van der Waals surface area contributed by atoms with Crippen molar-refractivity contribution in [2.45, 2.75) is 12.8 Å². The van der Waals surface area contributed by atoms with E-state index in [4.69, 9.17) is 4.74 Å². The van der Waals surface area contributed by atoms with Gasteiger partial charge in [0, 0.05) is 12.1 Å². The van der Waals surface area contributed by atoms with Gasteiger partial charge in [-0.25, -0.2) is 8.42 Å². The molecule has 0 aromatic heterocycles. The van der Waals surface area contributed by atoms with Crippen molar-refractivity contribution in [1.29, 1.82) is 0 Å². The average molecular weight is 456 g/mol. The van der Waals surface area contributed by atoms with Gasteiger partial charge in [0.25, 0.3) is 11.8 Å². The van der Waals surface area contributed by atoms with E-state index in [1.54, 1.807) is 24.3 Å². The summed E-state index contributed by atoms with van der Waals surface area (Å²) in [7, 11) is -3.41. The lowest BCUT2D eigenvalue weighted by Gasteiger charge is -2.29. The highest BCUT2D eigenvalue weighted by Crippen LogP contribution is 2.30. The minimum atomic E-state index is -3.41. The fraction of sp³-hybridized carbons (Fsp3) is 0.273. The molecule has 2 aromatic carbocycles. The van der Waals surface area contributed by atoms with Crippen molar-refractivity contribution in [1.82, 2.24) is 4.90 Å². The molecule has 2 amide bonds. The number of aryl methyl sites for hydroxylation is 1. The molecule has 2 heterocycles. The lowest BCUT2D eigenvalue weighted by Crippen LogP contribution is -2.36. The number of sulfonamides is 1. The molecular weight excluding hydrogens is 436 g/mol. The van der Waals surface area contributed by atoms with Gasteiger partial charge in [-0.3, -0.25) is 28.4 Å². The zero-order valence-electron chi connectivity index (χ0n) is 17.2. The molecule has 2 aromatic rings. The molecule has 0 fully saturated rings. The SMILES string of the molecule is CS(=O)(=O)N1CCCc2cc(C(=O)COC(=O)CN3C(=O)c4ccccc4C3=O)ccc21. The summed E-state index contributed by atoms with van der Waals surface area (Å²) in [5.74, 6) is -2.52. The molecule has 166 valence electrons. The van der Waals surface area contributed by atoms with Gasteiger partial charge < -0.3 is 4.74 Å². The molecule has 9 nitrogen and oxygen atoms in total. The summed E-state index contributed by atoms with van der Waals surface area (Å²) in [5, 5.41) is 0. The van der Waals surface area contributed by atoms with E-state index >= 15 is 0 Å². The van der Waals surface area contributed by atoms with E-state index < -0.39 is 46.7 Å². The smallest absolute Gasteiger partial charge is 0.326 e. The Balaban J connectivity index is 1.39. The second-order valence-corrected chi connectivity index (χ2v) is 9.51. The molecule has 0 saturated carbocycles. The lowest BCUT2D eigenvalue weighted by atomic mass is 9.99. The van der Waals surface area contributed by atoms with Gasteiger partial charge in [-0.2, -0.15) is 0 Å². The number of imide groups is 1. The molecule has 0 radical (unpaired) electrons. The summed E-state index contributed by atoms with van der Waals surface area (Å²) in [6.45, 7) is -0.766. The monoisotopic (exact) mass is 456 g/mol. The first-order valence-electron chi connectivity index (χ1n) is 9.91. The largest absolute Gasteiger partial charge is 0.456 e. The van der Waals surface area contributed by atoms with Crippen LogP contribution in [0, 0.1) is 0 Å². The van der Waals surface area contributed by atoms with Crippen LogP contribution in [0.4, 0.5) is 5.69 Å². The molecule has 0 saturated heterocycles. The third kappa shape index (κ3) is 4.01. The number of ether oxygens (including phenoxy) is 1. The fourth-order valence-electron chi connectivity index (χ4n) is 3.87. The van der Waals surface area contributed by atoms with Gasteiger partial charge >= 0.3 is 5.97 Å². The highest BCUT2D eigenvalue weighted by Gasteiger charge is 2.36. The molecule has 32 heavy (non-hydrogen) atoms. The van der Waals surface area contributed by atoms with Gasteiger partial charge in [0.2, 0.25) is 10.0 Å². The Morgan fingerprint density at radius 3 is 2.31 bits per heavy atom. The second kappa shape index (κ2) is 8.19. The van der Waals surface area contributed by atoms with Crippen LogP contribution in [0.3, 0.4) is 0 Å². The number of nitrogens with zero attached hydrogens (tertiary/aromatic N) is 2. The quantitative estimate of drug-likeness (QED) is 0.366. The third-order valence-corrected chi connectivity index (χ3v) is 6.59. The minimum absolute atomic E-state index is 0.221. The molecule has 0 atom stereocenters. The van der Waals surface area contributed by atoms with Crippen molar-refractivity contribution in [3.05, 3.63) is 64.7 Å². The van der Waals surface area contributed by atoms with Crippen LogP contribution in [-0.4, -0.2) is 62.8 Å². The molecule has 2 aliphatic heterocycles. The van der Waals surface area contributed by atoms with Gasteiger partial charge in [0.1, 0.15) is 6.54 Å². The number of esters is 1. The van der Waals surface area contributed by atoms with Crippen LogP contribution in [0.25, 0.3) is 0 Å². The number of Topliss-reactive ketones (excluding diaryl/α,β-unsaturated/α-hetero) is 1. The first-order valence-corrected chi connectivity index (χ1v) is 11.8. The number of hydrogen-bond donors (Lipinski definition) is 0. The average Bonchev–Trinajstić information content (AvgIpc) is 3.01. The second-order valence-electron chi connectivity index (χ2n) is 7.61. The Labute approximate surface area is 184 Å². The summed E-state index contributed by atoms with van der Waals surface area (Å²) >= 11 is 0. The number of amides is 2. The Kier molecular flexibility index (Phi) is 5.55. The van der Waals surface area contributed by atoms with Crippen molar-refractivity contribution < 1.29 is 32.3 Å². The van der Waals surface area contributed by atoms with E-state index in [2.05, 4.69) is 0 Å². The van der Waals surface area contributed by atoms with Gasteiger partial charge in [0.05, 0.1) is 23.1 Å². The standard InChI is InChI=1S/C22H20N2O7S/c1-32(29,30)24-10-4-5-14-11-15(8-9-18(14)24)19(25)13-31-20(26)12-23-21(27)16-6-2-3-7-17(16)22(23)28/h2-3,6-9,11H,4-5,10,12-13H2,1H3. The molecule has 2 aliphatic rings. The third-order valence-electron chi connectivity index (χ3n) is 5.41. The zero-order chi connectivity index (χ0) is 23.0. The van der Waals surface area contributed by atoms with E-state index in [1.807, 2.05) is 0 Å². The van der Waals surface area contributed by atoms with Gasteiger partial charge in [-0.05, 0) is 48.7 Å². The topological polar surface area (TPSA) is 118 Å². The summed E-state index contributed by atoms with van der Waals surface area (Å²) < 4.78 is 30.2. The Bertz CT molecular complexity index is 1220. The fourth-order valence-corrected chi connectivity index (χ4v) is 4.86. The van der Waals surface area contributed by atoms with Crippen LogP contribution in [-0.2, 0) is 26.0 Å². The van der Waals surface area contributed by atoms with E-state index in [1.165, 1.54) is 22.5 Å². The molecule has 0 bridgehead atoms. The predicted octanol–water partition coefficient (Wildman–Crippen LogP) is 1.42. The molecule has 10 heteroatoms. The van der Waals surface area contributed by atoms with Crippen molar-refractivity contribution in [2.75, 3.05) is 30.3 Å². The maximum absolute atomic E-state index is 12.5. The molecule has 0 unspecified atom stereocenters. The number of carbonyl (C=O) groups is 4. The maximum Gasteiger partial charge on any atom is 0.326 e. The minimum Gasteiger partial charge on any atom is -0.456 e. The van der Waals surface area contributed by atoms with Crippen LogP contribution in [0.1, 0.15) is 43.1 Å². The summed E-state index contributed by atoms with van der Waals surface area (Å²) in [6, 6.07) is 10.9. The number of benzene rings is 2. The molecule has 0 N–H and O–H groups in total. The number of rotatable bonds is 6. The lowest BCUT2D eigenvalue weighted by molar-refractivity contribution is -0.142. The van der Waals surface area contributed by atoms with Crippen LogP contribution >= 0.6 is 0 Å². The Hall–Kier alpha value is -3.53. The number of carbonyl (C=O) groups excluding carboxylic acids is 4. The number of anilines is 1. The molecule has 4 rings (SSSR count). The van der Waals surface area contributed by atoms with E-state index in [0.29, 0.717) is 25.1 Å². The summed E-state index contributed by atoms with van der Waals surface area (Å²) in [4.78, 5) is 50.1. The zero-order valence-corrected chi connectivity index (χ0v) is 18.1. The molecule has 0 spiro atoms. The van der Waals surface area contributed by atoms with Crippen LogP contribution in [0.15, 0.2) is 42.5 Å². The first-order chi connectivity index (χ1) is 15.2. The van der Waals surface area contributed by atoms with E-state index in [9.17, 15) is 27.6 Å². The van der Waals surface area contributed by atoms with Crippen molar-refractivity contribution in [3.63, 3.8) is 0 Å². The first kappa shape index (κ1) is 21.7. The Morgan fingerprint density at radius 1 is 1.03 bits per heavy atom. The van der Waals surface area contributed by atoms with Crippen LogP contribution < -0.4 is 4.31 Å². The van der Waals surface area contributed by atoms with E-state index in [0.717, 1.165) is 16.7 Å². The van der Waals surface area contributed by atoms with Crippen molar-refractivity contribution >= 4 is 39.3 Å². The van der Waals surface area contributed by atoms with Gasteiger partial charge in [0.15, 0.2) is 12.4 Å². The number of fused-ring (bicyclic) bond motifs is 2. The maximum atomic E-state index is 12.5. The highest BCUT2D eigenvalue weighted by atomic mass is 32.2. The molecule has 0 aliphatic carbocycles. The van der Waals surface area contributed by atoms with Crippen LogP contribution in [0.5, 0.6) is 0 Å². The van der Waals surface area contributed by atoms with Gasteiger partial charge in [-0.1, -0.05) is 12.1 Å². The van der Waals surface area contributed by atoms with Crippen molar-refractivity contribution in [2.24, 2.45) is 0 Å². The van der Waals surface area contributed by atoms with Crippen LogP contribution in [0.2, 0.25) is 0 Å². The van der Waals surface area contributed by atoms with Crippen molar-refractivity contribution in [3.8, 4) is 0 Å². The van der Waals surface area contributed by atoms with Gasteiger partial charge in [-0.15, -0.1) is 0 Å². The Morgan fingerprint density at radius 2 is 1.69 bits per heavy atom. The predicted molar refractivity (Wildman–Crippen MR) is 114 cm³/mol. The number of ketones is 1. The summed E-state index contributed by atoms with van der Waals surface area (Å²) in [5.41, 5.74) is 1.99. The summed E-state index contributed by atoms with van der Waals surface area (Å²) in [6.07, 6.45) is 2.39. The highest BCUT2D eigenvalue weighted by molar-refractivity contribution is 7.92. The molecular formula is C22H20N2O7S. The van der Waals surface area contributed by atoms with E-state index in [-0.39, 0.29) is 16.7 Å². The number of hydrogen-bond acceptors (Lipinski definition) is 7.